The van der Waals surface area contributed by atoms with E-state index in [0.29, 0.717) is 12.5 Å². The number of allylic oxidation sites excluding steroid dienone is 1. The lowest BCUT2D eigenvalue weighted by molar-refractivity contribution is 0.135. The number of rotatable bonds is 8. The monoisotopic (exact) mass is 286 g/mol. The highest BCUT2D eigenvalue weighted by Gasteiger charge is 2.37. The molecule has 0 amide bonds. The van der Waals surface area contributed by atoms with Gasteiger partial charge in [-0.1, -0.05) is 59.6 Å². The van der Waals surface area contributed by atoms with E-state index in [0.717, 1.165) is 0 Å². The first-order valence-corrected chi connectivity index (χ1v) is 10.5. The summed E-state index contributed by atoms with van der Waals surface area (Å²) in [6, 6.07) is 0. The number of hydrogen-bond acceptors (Lipinski definition) is 2. The van der Waals surface area contributed by atoms with Gasteiger partial charge in [0.2, 0.25) is 0 Å². The van der Waals surface area contributed by atoms with E-state index >= 15 is 0 Å². The summed E-state index contributed by atoms with van der Waals surface area (Å²) >= 11 is 0. The van der Waals surface area contributed by atoms with Gasteiger partial charge in [-0.05, 0) is 30.5 Å². The van der Waals surface area contributed by atoms with Crippen molar-refractivity contribution in [2.75, 3.05) is 6.61 Å². The van der Waals surface area contributed by atoms with Gasteiger partial charge in [0.25, 0.3) is 0 Å². The Bertz CT molecular complexity index is 266. The number of aliphatic hydroxyl groups is 1. The fourth-order valence-corrected chi connectivity index (χ4v) is 2.53. The van der Waals surface area contributed by atoms with Gasteiger partial charge in [-0.15, -0.1) is 0 Å². The summed E-state index contributed by atoms with van der Waals surface area (Å²) in [4.78, 5) is 0. The Morgan fingerprint density at radius 1 is 1.21 bits per heavy atom. The summed E-state index contributed by atoms with van der Waals surface area (Å²) < 4.78 is 6.01. The van der Waals surface area contributed by atoms with Crippen molar-refractivity contribution in [3.8, 4) is 0 Å². The Hall–Kier alpha value is -0.123. The zero-order valence-corrected chi connectivity index (χ0v) is 15.0. The number of unbranched alkanes of at least 4 members (excludes halogenated alkanes) is 1. The molecule has 0 unspecified atom stereocenters. The van der Waals surface area contributed by atoms with E-state index in [1.54, 1.807) is 0 Å². The van der Waals surface area contributed by atoms with E-state index in [-0.39, 0.29) is 5.04 Å². The van der Waals surface area contributed by atoms with Crippen molar-refractivity contribution in [3.05, 3.63) is 12.2 Å². The Morgan fingerprint density at radius 3 is 2.26 bits per heavy atom. The van der Waals surface area contributed by atoms with Crippen molar-refractivity contribution in [2.24, 2.45) is 5.92 Å². The molecule has 0 aromatic heterocycles. The quantitative estimate of drug-likeness (QED) is 0.515. The first-order valence-electron chi connectivity index (χ1n) is 7.60. The maximum atomic E-state index is 9.96. The second kappa shape index (κ2) is 8.23. The molecule has 0 fully saturated rings. The highest BCUT2D eigenvalue weighted by atomic mass is 28.4. The van der Waals surface area contributed by atoms with Gasteiger partial charge in [-0.3, -0.25) is 0 Å². The summed E-state index contributed by atoms with van der Waals surface area (Å²) in [6.45, 7) is 15.9. The largest absolute Gasteiger partial charge is 0.414 e. The third kappa shape index (κ3) is 7.90. The Labute approximate surface area is 121 Å². The highest BCUT2D eigenvalue weighted by molar-refractivity contribution is 6.74. The smallest absolute Gasteiger partial charge is 0.192 e. The van der Waals surface area contributed by atoms with Crippen LogP contribution in [0, 0.1) is 5.92 Å². The number of aliphatic hydroxyl groups excluding tert-OH is 1. The maximum absolute atomic E-state index is 9.96. The van der Waals surface area contributed by atoms with Crippen LogP contribution in [0.15, 0.2) is 12.2 Å². The molecule has 0 spiro atoms. The Balaban J connectivity index is 4.12. The van der Waals surface area contributed by atoms with E-state index in [1.807, 2.05) is 6.08 Å². The summed E-state index contributed by atoms with van der Waals surface area (Å²) in [6.07, 6.45) is 7.22. The van der Waals surface area contributed by atoms with Crippen LogP contribution in [-0.4, -0.2) is 26.1 Å². The molecule has 0 radical (unpaired) electrons. The molecular formula is C16H34O2Si. The molecule has 0 bridgehead atoms. The summed E-state index contributed by atoms with van der Waals surface area (Å²) in [5.41, 5.74) is 0. The van der Waals surface area contributed by atoms with Crippen LogP contribution >= 0.6 is 0 Å². The highest BCUT2D eigenvalue weighted by Crippen LogP contribution is 2.36. The van der Waals surface area contributed by atoms with Crippen LogP contribution in [0.5, 0.6) is 0 Å². The average molecular weight is 287 g/mol. The van der Waals surface area contributed by atoms with E-state index in [4.69, 9.17) is 4.43 Å². The van der Waals surface area contributed by atoms with Crippen molar-refractivity contribution in [1.29, 1.82) is 0 Å². The molecule has 0 aromatic rings. The van der Waals surface area contributed by atoms with E-state index in [1.165, 1.54) is 19.3 Å². The minimum atomic E-state index is -1.74. The minimum absolute atomic E-state index is 0.199. The van der Waals surface area contributed by atoms with Gasteiger partial charge in [0.15, 0.2) is 8.32 Å². The van der Waals surface area contributed by atoms with E-state index < -0.39 is 14.4 Å². The second-order valence-corrected chi connectivity index (χ2v) is 12.0. The molecule has 0 saturated carbocycles. The molecular weight excluding hydrogens is 252 g/mol. The van der Waals surface area contributed by atoms with Gasteiger partial charge in [-0.2, -0.15) is 0 Å². The topological polar surface area (TPSA) is 29.5 Å². The number of hydrogen-bond donors (Lipinski definition) is 1. The zero-order valence-electron chi connectivity index (χ0n) is 14.0. The minimum Gasteiger partial charge on any atom is -0.414 e. The first kappa shape index (κ1) is 18.9. The lowest BCUT2D eigenvalue weighted by Gasteiger charge is -2.36. The Morgan fingerprint density at radius 2 is 1.79 bits per heavy atom. The third-order valence-corrected chi connectivity index (χ3v) is 8.60. The standard InChI is InChI=1S/C16H34O2Si/c1-8-9-10-14(2)11-12-15(17)13-18-19(6,7)16(3,4)5/h11-12,14-15,17H,8-10,13H2,1-7H3/b12-11+/t14-,15-/m0/s1. The van der Waals surface area contributed by atoms with Gasteiger partial charge < -0.3 is 9.53 Å². The van der Waals surface area contributed by atoms with Gasteiger partial charge >= 0.3 is 0 Å². The molecule has 2 nitrogen and oxygen atoms in total. The van der Waals surface area contributed by atoms with Gasteiger partial charge in [0, 0.05) is 0 Å². The van der Waals surface area contributed by atoms with Crippen molar-refractivity contribution in [1.82, 2.24) is 0 Å². The second-order valence-electron chi connectivity index (χ2n) is 7.14. The van der Waals surface area contributed by atoms with Crippen molar-refractivity contribution in [2.45, 2.75) is 78.1 Å². The van der Waals surface area contributed by atoms with Crippen LogP contribution in [0.2, 0.25) is 18.1 Å². The zero-order chi connectivity index (χ0) is 15.1. The van der Waals surface area contributed by atoms with Gasteiger partial charge in [0.05, 0.1) is 12.7 Å². The fraction of sp³-hybridized carbons (Fsp3) is 0.875. The van der Waals surface area contributed by atoms with E-state index in [2.05, 4.69) is 53.8 Å². The predicted molar refractivity (Wildman–Crippen MR) is 87.0 cm³/mol. The molecule has 0 aromatic carbocycles. The molecule has 0 heterocycles. The van der Waals surface area contributed by atoms with Crippen LogP contribution in [0.3, 0.4) is 0 Å². The van der Waals surface area contributed by atoms with Crippen LogP contribution in [0.1, 0.15) is 53.9 Å². The van der Waals surface area contributed by atoms with Crippen LogP contribution in [-0.2, 0) is 4.43 Å². The third-order valence-electron chi connectivity index (χ3n) is 4.10. The molecule has 0 rings (SSSR count). The molecule has 0 aliphatic rings. The van der Waals surface area contributed by atoms with Crippen LogP contribution in [0.4, 0.5) is 0 Å². The molecule has 1 N–H and O–H groups in total. The van der Waals surface area contributed by atoms with Gasteiger partial charge in [0.1, 0.15) is 0 Å². The predicted octanol–water partition coefficient (Wildman–Crippen LogP) is 4.75. The normalized spacial score (nSPS) is 16.8. The molecule has 2 atom stereocenters. The average Bonchev–Trinajstić information content (AvgIpc) is 2.29. The molecule has 3 heteroatoms. The molecule has 0 saturated heterocycles. The lowest BCUT2D eigenvalue weighted by Crippen LogP contribution is -2.42. The van der Waals surface area contributed by atoms with Crippen molar-refractivity contribution >= 4 is 8.32 Å². The van der Waals surface area contributed by atoms with Crippen LogP contribution in [0.25, 0.3) is 0 Å². The van der Waals surface area contributed by atoms with E-state index in [9.17, 15) is 5.11 Å². The SMILES string of the molecule is CCCC[C@H](C)/C=C/[C@H](O)CO[Si](C)(C)C(C)(C)C. The molecule has 19 heavy (non-hydrogen) atoms. The van der Waals surface area contributed by atoms with Gasteiger partial charge in [-0.25, -0.2) is 0 Å². The van der Waals surface area contributed by atoms with Crippen molar-refractivity contribution < 1.29 is 9.53 Å². The van der Waals surface area contributed by atoms with Crippen LogP contribution < -0.4 is 0 Å². The molecule has 0 aliphatic heterocycles. The summed E-state index contributed by atoms with van der Waals surface area (Å²) in [5.74, 6) is 0.544. The van der Waals surface area contributed by atoms with Crippen molar-refractivity contribution in [3.63, 3.8) is 0 Å². The molecule has 0 aliphatic carbocycles. The first-order chi connectivity index (χ1) is 8.60. The Kier molecular flexibility index (Phi) is 8.17. The maximum Gasteiger partial charge on any atom is 0.192 e. The molecule has 114 valence electrons. The summed E-state index contributed by atoms with van der Waals surface area (Å²) in [7, 11) is -1.74. The fourth-order valence-electron chi connectivity index (χ4n) is 1.51. The summed E-state index contributed by atoms with van der Waals surface area (Å²) in [5, 5.41) is 10.2. The lowest BCUT2D eigenvalue weighted by atomic mass is 10.0.